The summed E-state index contributed by atoms with van der Waals surface area (Å²) in [6.07, 6.45) is -2.58. The maximum atomic E-state index is 12.6. The zero-order chi connectivity index (χ0) is 14.0. The van der Waals surface area contributed by atoms with Crippen LogP contribution in [-0.4, -0.2) is 23.7 Å². The van der Waals surface area contributed by atoms with Crippen LogP contribution in [0.2, 0.25) is 5.15 Å². The molecule has 0 aliphatic carbocycles. The molecule has 1 aromatic rings. The van der Waals surface area contributed by atoms with E-state index in [0.29, 0.717) is 6.61 Å². The van der Waals surface area contributed by atoms with Crippen molar-refractivity contribution in [2.45, 2.75) is 38.1 Å². The van der Waals surface area contributed by atoms with Crippen molar-refractivity contribution in [2.75, 3.05) is 11.9 Å². The van der Waals surface area contributed by atoms with E-state index >= 15 is 0 Å². The molecule has 0 radical (unpaired) electrons. The van der Waals surface area contributed by atoms with Gasteiger partial charge in [0, 0.05) is 6.61 Å². The number of aromatic nitrogens is 1. The summed E-state index contributed by atoms with van der Waals surface area (Å²) >= 11 is 5.62. The Bertz CT molecular complexity index is 447. The van der Waals surface area contributed by atoms with Crippen LogP contribution in [0.15, 0.2) is 12.1 Å². The summed E-state index contributed by atoms with van der Waals surface area (Å²) in [6, 6.07) is 1.65. The fraction of sp³-hybridized carbons (Fsp3) is 0.583. The molecule has 0 bridgehead atoms. The number of ether oxygens (including phenoxy) is 1. The van der Waals surface area contributed by atoms with Crippen molar-refractivity contribution in [3.05, 3.63) is 22.8 Å². The Morgan fingerprint density at radius 2 is 2.21 bits per heavy atom. The normalized spacial score (nSPS) is 21.4. The maximum absolute atomic E-state index is 12.6. The quantitative estimate of drug-likeness (QED) is 0.863. The molecule has 1 aliphatic rings. The molecule has 2 heterocycles. The van der Waals surface area contributed by atoms with E-state index < -0.39 is 11.7 Å². The first-order valence-corrected chi connectivity index (χ1v) is 6.37. The van der Waals surface area contributed by atoms with Gasteiger partial charge in [0.2, 0.25) is 0 Å². The number of anilines is 1. The van der Waals surface area contributed by atoms with Crippen LogP contribution in [0.25, 0.3) is 0 Å². The molecule has 0 saturated carbocycles. The van der Waals surface area contributed by atoms with Crippen molar-refractivity contribution in [1.82, 2.24) is 4.98 Å². The third kappa shape index (κ3) is 3.73. The largest absolute Gasteiger partial charge is 0.416 e. The molecule has 1 aliphatic heterocycles. The van der Waals surface area contributed by atoms with Crippen LogP contribution in [0.4, 0.5) is 19.0 Å². The third-order valence-electron chi connectivity index (χ3n) is 3.02. The Balaban J connectivity index is 2.13. The van der Waals surface area contributed by atoms with Crippen molar-refractivity contribution in [2.24, 2.45) is 0 Å². The number of hydrogen-bond acceptors (Lipinski definition) is 3. The number of halogens is 4. The van der Waals surface area contributed by atoms with E-state index in [1.807, 2.05) is 6.92 Å². The molecule has 0 spiro atoms. The van der Waals surface area contributed by atoms with E-state index in [-0.39, 0.29) is 23.1 Å². The summed E-state index contributed by atoms with van der Waals surface area (Å²) in [5, 5.41) is 2.73. The molecule has 2 unspecified atom stereocenters. The molecule has 19 heavy (non-hydrogen) atoms. The number of hydrogen-bond donors (Lipinski definition) is 1. The highest BCUT2D eigenvalue weighted by Gasteiger charge is 2.32. The molecule has 7 heteroatoms. The SMILES string of the molecule is CC(Nc1cc(C(F)(F)F)cc(Cl)n1)C1CCCO1. The lowest BCUT2D eigenvalue weighted by Gasteiger charge is -2.21. The highest BCUT2D eigenvalue weighted by atomic mass is 35.5. The number of alkyl halides is 3. The molecule has 1 fully saturated rings. The Hall–Kier alpha value is -1.01. The second-order valence-corrected chi connectivity index (χ2v) is 4.93. The number of nitrogens with one attached hydrogen (secondary N) is 1. The molecule has 1 N–H and O–H groups in total. The lowest BCUT2D eigenvalue weighted by molar-refractivity contribution is -0.137. The van der Waals surface area contributed by atoms with Crippen LogP contribution in [0.1, 0.15) is 25.3 Å². The van der Waals surface area contributed by atoms with Gasteiger partial charge in [-0.1, -0.05) is 11.6 Å². The Morgan fingerprint density at radius 3 is 2.79 bits per heavy atom. The van der Waals surface area contributed by atoms with Gasteiger partial charge in [-0.05, 0) is 31.9 Å². The predicted octanol–water partition coefficient (Wildman–Crippen LogP) is 3.73. The average molecular weight is 295 g/mol. The van der Waals surface area contributed by atoms with Gasteiger partial charge in [0.1, 0.15) is 11.0 Å². The molecule has 1 saturated heterocycles. The first-order valence-electron chi connectivity index (χ1n) is 5.99. The monoisotopic (exact) mass is 294 g/mol. The number of nitrogens with zero attached hydrogens (tertiary/aromatic N) is 1. The van der Waals surface area contributed by atoms with Crippen LogP contribution >= 0.6 is 11.6 Å². The van der Waals surface area contributed by atoms with Gasteiger partial charge >= 0.3 is 6.18 Å². The van der Waals surface area contributed by atoms with E-state index in [4.69, 9.17) is 16.3 Å². The van der Waals surface area contributed by atoms with Gasteiger partial charge in [-0.2, -0.15) is 13.2 Å². The lowest BCUT2D eigenvalue weighted by atomic mass is 10.1. The van der Waals surface area contributed by atoms with E-state index in [2.05, 4.69) is 10.3 Å². The zero-order valence-corrected chi connectivity index (χ0v) is 11.1. The average Bonchev–Trinajstić information content (AvgIpc) is 2.80. The second kappa shape index (κ2) is 5.54. The number of pyridine rings is 1. The minimum atomic E-state index is -4.43. The van der Waals surface area contributed by atoms with Gasteiger partial charge in [0.05, 0.1) is 17.7 Å². The zero-order valence-electron chi connectivity index (χ0n) is 10.3. The first kappa shape index (κ1) is 14.4. The summed E-state index contributed by atoms with van der Waals surface area (Å²) in [5.74, 6) is 0.114. The summed E-state index contributed by atoms with van der Waals surface area (Å²) in [7, 11) is 0. The Kier molecular flexibility index (Phi) is 4.20. The van der Waals surface area contributed by atoms with Crippen molar-refractivity contribution in [3.8, 4) is 0 Å². The Morgan fingerprint density at radius 1 is 1.47 bits per heavy atom. The van der Waals surface area contributed by atoms with Crippen LogP contribution in [0, 0.1) is 0 Å². The third-order valence-corrected chi connectivity index (χ3v) is 3.21. The summed E-state index contributed by atoms with van der Waals surface area (Å²) in [4.78, 5) is 3.86. The topological polar surface area (TPSA) is 34.2 Å². The lowest BCUT2D eigenvalue weighted by Crippen LogP contribution is -2.30. The second-order valence-electron chi connectivity index (χ2n) is 4.55. The van der Waals surface area contributed by atoms with Gasteiger partial charge in [-0.3, -0.25) is 0 Å². The minimum absolute atomic E-state index is 0.00452. The maximum Gasteiger partial charge on any atom is 0.416 e. The molecule has 2 rings (SSSR count). The van der Waals surface area contributed by atoms with Crippen molar-refractivity contribution < 1.29 is 17.9 Å². The summed E-state index contributed by atoms with van der Waals surface area (Å²) in [5.41, 5.74) is -0.811. The van der Waals surface area contributed by atoms with Crippen LogP contribution in [0.3, 0.4) is 0 Å². The first-order chi connectivity index (χ1) is 8.86. The number of rotatable bonds is 3. The highest BCUT2D eigenvalue weighted by molar-refractivity contribution is 6.29. The summed E-state index contributed by atoms with van der Waals surface area (Å²) in [6.45, 7) is 2.54. The molecule has 0 aromatic carbocycles. The van der Waals surface area contributed by atoms with Gasteiger partial charge in [0.25, 0.3) is 0 Å². The van der Waals surface area contributed by atoms with Crippen molar-refractivity contribution >= 4 is 17.4 Å². The van der Waals surface area contributed by atoms with E-state index in [1.54, 1.807) is 0 Å². The molecule has 2 atom stereocenters. The van der Waals surface area contributed by atoms with Gasteiger partial charge < -0.3 is 10.1 Å². The smallest absolute Gasteiger partial charge is 0.376 e. The molecule has 3 nitrogen and oxygen atoms in total. The fourth-order valence-corrected chi connectivity index (χ4v) is 2.27. The standard InChI is InChI=1S/C12H14ClF3N2O/c1-7(9-3-2-4-19-9)17-11-6-8(12(14,15)16)5-10(13)18-11/h5-7,9H,2-4H2,1H3,(H,17,18). The van der Waals surface area contributed by atoms with E-state index in [1.165, 1.54) is 0 Å². The summed E-state index contributed by atoms with van der Waals surface area (Å²) < 4.78 is 43.4. The molecular weight excluding hydrogens is 281 g/mol. The molecular formula is C12H14ClF3N2O. The van der Waals surface area contributed by atoms with E-state index in [9.17, 15) is 13.2 Å². The van der Waals surface area contributed by atoms with Gasteiger partial charge in [-0.25, -0.2) is 4.98 Å². The molecule has 1 aromatic heterocycles. The van der Waals surface area contributed by atoms with Crippen molar-refractivity contribution in [3.63, 3.8) is 0 Å². The minimum Gasteiger partial charge on any atom is -0.376 e. The van der Waals surface area contributed by atoms with Crippen LogP contribution in [0.5, 0.6) is 0 Å². The molecule has 106 valence electrons. The fourth-order valence-electron chi connectivity index (χ4n) is 2.06. The van der Waals surface area contributed by atoms with Gasteiger partial charge in [-0.15, -0.1) is 0 Å². The molecule has 0 amide bonds. The predicted molar refractivity (Wildman–Crippen MR) is 66.3 cm³/mol. The van der Waals surface area contributed by atoms with Crippen LogP contribution < -0.4 is 5.32 Å². The van der Waals surface area contributed by atoms with E-state index in [0.717, 1.165) is 25.0 Å². The van der Waals surface area contributed by atoms with Crippen molar-refractivity contribution in [1.29, 1.82) is 0 Å². The Labute approximate surface area is 114 Å². The highest BCUT2D eigenvalue weighted by Crippen LogP contribution is 2.32. The van der Waals surface area contributed by atoms with Gasteiger partial charge in [0.15, 0.2) is 0 Å². The van der Waals surface area contributed by atoms with Crippen LogP contribution in [-0.2, 0) is 10.9 Å².